The molecule has 0 spiro atoms. The molecule has 1 aliphatic rings. The highest BCUT2D eigenvalue weighted by Gasteiger charge is 2.45. The number of hydrogen-bond acceptors (Lipinski definition) is 5. The molecule has 0 bridgehead atoms. The molecule has 2 aromatic rings. The Kier molecular flexibility index (Phi) is 7.04. The molecule has 0 amide bonds. The molecule has 27 heavy (non-hydrogen) atoms. The number of carbonyl (C=O) groups is 1. The van der Waals surface area contributed by atoms with Crippen molar-refractivity contribution in [2.45, 2.75) is 31.5 Å². The number of likely N-dealkylation sites (tertiary alicyclic amines) is 1. The van der Waals surface area contributed by atoms with Gasteiger partial charge in [-0.15, -0.1) is 0 Å². The molecule has 0 aliphatic carbocycles. The van der Waals surface area contributed by atoms with Crippen LogP contribution in [0.4, 0.5) is 0 Å². The van der Waals surface area contributed by atoms with E-state index < -0.39 is 17.6 Å². The van der Waals surface area contributed by atoms with Crippen LogP contribution in [0.3, 0.4) is 0 Å². The van der Waals surface area contributed by atoms with Crippen molar-refractivity contribution in [3.8, 4) is 0 Å². The fraction of sp³-hybridized carbons (Fsp3) is 0.350. The lowest BCUT2D eigenvalue weighted by Crippen LogP contribution is -2.56. The number of carboxylic acid groups (broad SMARTS) is 1. The molecular formula is C20H24N2O5. The van der Waals surface area contributed by atoms with Crippen molar-refractivity contribution in [1.82, 2.24) is 4.90 Å². The topological polar surface area (TPSA) is 104 Å². The number of carboxylic acids is 1. The Labute approximate surface area is 158 Å². The number of nitro groups is 1. The number of aliphatic hydroxyl groups is 1. The van der Waals surface area contributed by atoms with Gasteiger partial charge in [-0.2, -0.15) is 0 Å². The minimum atomic E-state index is -1.20. The molecule has 2 N–H and O–H groups in total. The Morgan fingerprint density at radius 1 is 1.19 bits per heavy atom. The van der Waals surface area contributed by atoms with Crippen LogP contribution in [-0.2, 0) is 6.54 Å². The van der Waals surface area contributed by atoms with Crippen LogP contribution in [-0.4, -0.2) is 50.7 Å². The van der Waals surface area contributed by atoms with E-state index in [-0.39, 0.29) is 4.92 Å². The number of nitrogens with zero attached hydrogens (tertiary/aromatic N) is 2. The summed E-state index contributed by atoms with van der Waals surface area (Å²) in [4.78, 5) is 22.9. The van der Waals surface area contributed by atoms with Crippen LogP contribution in [0, 0.1) is 10.1 Å². The average Bonchev–Trinajstić information content (AvgIpc) is 2.65. The molecule has 3 rings (SSSR count). The van der Waals surface area contributed by atoms with Crippen LogP contribution in [0.2, 0.25) is 0 Å². The molecule has 7 heteroatoms. The maximum Gasteiger partial charge on any atom is 0.335 e. The van der Waals surface area contributed by atoms with Crippen molar-refractivity contribution in [3.05, 3.63) is 81.9 Å². The normalized spacial score (nSPS) is 22.4. The molecule has 0 aromatic heterocycles. The number of piperidine rings is 1. The number of hydrogen-bond donors (Lipinski definition) is 2. The summed E-state index contributed by atoms with van der Waals surface area (Å²) in [5, 5.41) is 29.4. The van der Waals surface area contributed by atoms with Gasteiger partial charge >= 0.3 is 5.97 Å². The molecule has 0 saturated carbocycles. The molecule has 1 fully saturated rings. The van der Waals surface area contributed by atoms with Gasteiger partial charge in [-0.05, 0) is 31.0 Å². The van der Waals surface area contributed by atoms with E-state index in [1.54, 1.807) is 37.3 Å². The Bertz CT molecular complexity index is 749. The fourth-order valence-electron chi connectivity index (χ4n) is 2.94. The summed E-state index contributed by atoms with van der Waals surface area (Å²) >= 11 is 0. The van der Waals surface area contributed by atoms with Crippen LogP contribution in [0.15, 0.2) is 60.7 Å². The van der Waals surface area contributed by atoms with Crippen molar-refractivity contribution in [1.29, 1.82) is 0 Å². The third-order valence-corrected chi connectivity index (χ3v) is 4.61. The molecule has 1 heterocycles. The molecule has 7 nitrogen and oxygen atoms in total. The van der Waals surface area contributed by atoms with Crippen LogP contribution in [0.1, 0.15) is 29.3 Å². The van der Waals surface area contributed by atoms with E-state index in [9.17, 15) is 20.0 Å². The number of benzene rings is 2. The van der Waals surface area contributed by atoms with Crippen LogP contribution in [0.25, 0.3) is 0 Å². The molecular weight excluding hydrogens is 348 g/mol. The molecule has 144 valence electrons. The Balaban J connectivity index is 0.000000244. The van der Waals surface area contributed by atoms with Gasteiger partial charge in [0, 0.05) is 18.0 Å². The van der Waals surface area contributed by atoms with Gasteiger partial charge in [-0.3, -0.25) is 15.0 Å². The summed E-state index contributed by atoms with van der Waals surface area (Å²) < 4.78 is 0. The largest absolute Gasteiger partial charge is 0.478 e. The van der Waals surface area contributed by atoms with E-state index >= 15 is 0 Å². The van der Waals surface area contributed by atoms with E-state index in [4.69, 9.17) is 5.11 Å². The van der Waals surface area contributed by atoms with E-state index in [1.165, 1.54) is 0 Å². The van der Waals surface area contributed by atoms with Gasteiger partial charge in [0.05, 0.1) is 12.1 Å². The van der Waals surface area contributed by atoms with Gasteiger partial charge in [-0.25, -0.2) is 4.79 Å². The maximum atomic E-state index is 11.0. The third-order valence-electron chi connectivity index (χ3n) is 4.61. The first-order valence-corrected chi connectivity index (χ1v) is 8.70. The number of aromatic carboxylic acids is 1. The first-order valence-electron chi connectivity index (χ1n) is 8.70. The lowest BCUT2D eigenvalue weighted by Gasteiger charge is -2.37. The lowest BCUT2D eigenvalue weighted by atomic mass is 9.88. The summed E-state index contributed by atoms with van der Waals surface area (Å²) in [6.45, 7) is 3.24. The minimum Gasteiger partial charge on any atom is -0.478 e. The average molecular weight is 372 g/mol. The van der Waals surface area contributed by atoms with Crippen molar-refractivity contribution in [2.75, 3.05) is 13.1 Å². The first-order chi connectivity index (χ1) is 12.8. The predicted octanol–water partition coefficient (Wildman–Crippen LogP) is 2.67. The first kappa shape index (κ1) is 20.5. The fourth-order valence-corrected chi connectivity index (χ4v) is 2.94. The van der Waals surface area contributed by atoms with Gasteiger partial charge < -0.3 is 10.2 Å². The third kappa shape index (κ3) is 6.16. The molecule has 1 aliphatic heterocycles. The van der Waals surface area contributed by atoms with Gasteiger partial charge in [-0.1, -0.05) is 48.5 Å². The van der Waals surface area contributed by atoms with E-state index in [2.05, 4.69) is 0 Å². The number of rotatable bonds is 4. The van der Waals surface area contributed by atoms with E-state index in [0.717, 1.165) is 5.56 Å². The van der Waals surface area contributed by atoms with Crippen molar-refractivity contribution >= 4 is 5.97 Å². The van der Waals surface area contributed by atoms with Crippen molar-refractivity contribution in [2.24, 2.45) is 0 Å². The zero-order valence-electron chi connectivity index (χ0n) is 15.2. The monoisotopic (exact) mass is 372 g/mol. The second-order valence-corrected chi connectivity index (χ2v) is 6.80. The van der Waals surface area contributed by atoms with E-state index in [1.807, 2.05) is 35.2 Å². The summed E-state index contributed by atoms with van der Waals surface area (Å²) in [5.74, 6) is -0.879. The zero-order chi connectivity index (χ0) is 19.9. The molecule has 2 unspecified atom stereocenters. The molecule has 0 radical (unpaired) electrons. The Morgan fingerprint density at radius 3 is 2.22 bits per heavy atom. The summed E-state index contributed by atoms with van der Waals surface area (Å²) in [7, 11) is 0. The van der Waals surface area contributed by atoms with Gasteiger partial charge in [0.25, 0.3) is 6.04 Å². The van der Waals surface area contributed by atoms with Gasteiger partial charge in [0.1, 0.15) is 5.60 Å². The Hall–Kier alpha value is -2.77. The maximum absolute atomic E-state index is 11.0. The van der Waals surface area contributed by atoms with Crippen LogP contribution >= 0.6 is 0 Å². The standard InChI is InChI=1S/C13H18N2O3.C7H6O2/c1-13(16)7-8-14(10-12(13)15(17)18)9-11-5-3-2-4-6-11;8-7(9)6-4-2-1-3-5-6/h2-6,12,16H,7-10H2,1H3;1-5H,(H,8,9). The predicted molar refractivity (Wildman–Crippen MR) is 101 cm³/mol. The zero-order valence-corrected chi connectivity index (χ0v) is 15.2. The highest BCUT2D eigenvalue weighted by atomic mass is 16.6. The van der Waals surface area contributed by atoms with Crippen LogP contribution in [0.5, 0.6) is 0 Å². The minimum absolute atomic E-state index is 0.300. The lowest BCUT2D eigenvalue weighted by molar-refractivity contribution is -0.548. The van der Waals surface area contributed by atoms with Gasteiger partial charge in [0.15, 0.2) is 0 Å². The van der Waals surface area contributed by atoms with Crippen LogP contribution < -0.4 is 0 Å². The highest BCUT2D eigenvalue weighted by molar-refractivity contribution is 5.87. The Morgan fingerprint density at radius 2 is 1.74 bits per heavy atom. The summed E-state index contributed by atoms with van der Waals surface area (Å²) in [5.41, 5.74) is 0.273. The molecule has 2 atom stereocenters. The highest BCUT2D eigenvalue weighted by Crippen LogP contribution is 2.25. The second-order valence-electron chi connectivity index (χ2n) is 6.80. The van der Waals surface area contributed by atoms with Gasteiger partial charge in [0.2, 0.25) is 0 Å². The van der Waals surface area contributed by atoms with Crippen molar-refractivity contribution < 1.29 is 19.9 Å². The second kappa shape index (κ2) is 9.25. The van der Waals surface area contributed by atoms with Crippen molar-refractivity contribution in [3.63, 3.8) is 0 Å². The molecule has 1 saturated heterocycles. The quantitative estimate of drug-likeness (QED) is 0.632. The molecule has 2 aromatic carbocycles. The smallest absolute Gasteiger partial charge is 0.335 e. The SMILES string of the molecule is CC1(O)CCN(Cc2ccccc2)CC1[N+](=O)[O-].O=C(O)c1ccccc1. The van der Waals surface area contributed by atoms with E-state index in [0.29, 0.717) is 31.6 Å². The summed E-state index contributed by atoms with van der Waals surface area (Å²) in [6, 6.07) is 17.3. The summed E-state index contributed by atoms with van der Waals surface area (Å²) in [6.07, 6.45) is 0.436.